The Labute approximate surface area is 262 Å². The highest BCUT2D eigenvalue weighted by Crippen LogP contribution is 2.31. The van der Waals surface area contributed by atoms with Crippen LogP contribution in [0.3, 0.4) is 0 Å². The van der Waals surface area contributed by atoms with E-state index in [2.05, 4.69) is 71.3 Å². The van der Waals surface area contributed by atoms with Gasteiger partial charge in [0.15, 0.2) is 0 Å². The van der Waals surface area contributed by atoms with E-state index in [1.54, 1.807) is 6.92 Å². The molecule has 0 N–H and O–H groups in total. The highest BCUT2D eigenvalue weighted by atomic mass is 32.1. The maximum absolute atomic E-state index is 11.6. The van der Waals surface area contributed by atoms with Crippen molar-refractivity contribution in [3.05, 3.63) is 23.8 Å². The van der Waals surface area contributed by atoms with Crippen molar-refractivity contribution in [1.82, 2.24) is 4.90 Å². The van der Waals surface area contributed by atoms with Gasteiger partial charge in [-0.3, -0.25) is 9.79 Å². The Morgan fingerprint density at radius 2 is 1.60 bits per heavy atom. The summed E-state index contributed by atoms with van der Waals surface area (Å²) in [6, 6.07) is 6.25. The number of fused-ring (bicyclic) bond motifs is 1. The molecule has 1 aromatic rings. The van der Waals surface area contributed by atoms with E-state index in [1.807, 2.05) is 60.0 Å². The van der Waals surface area contributed by atoms with Gasteiger partial charge in [-0.1, -0.05) is 37.9 Å². The lowest BCUT2D eigenvalue weighted by molar-refractivity contribution is -0.154. The molecular formula is C33H56BN2O5S. The van der Waals surface area contributed by atoms with Crippen LogP contribution in [0.1, 0.15) is 115 Å². The lowest BCUT2D eigenvalue weighted by atomic mass is 9.83. The molecule has 2 aliphatic heterocycles. The Kier molecular flexibility index (Phi) is 14.2. The number of carbonyl (C=O) groups is 2. The van der Waals surface area contributed by atoms with Crippen molar-refractivity contribution in [3.8, 4) is 0 Å². The summed E-state index contributed by atoms with van der Waals surface area (Å²) in [6.45, 7) is 27.3. The number of esters is 1. The van der Waals surface area contributed by atoms with Gasteiger partial charge >= 0.3 is 19.5 Å². The fourth-order valence-corrected chi connectivity index (χ4v) is 3.93. The van der Waals surface area contributed by atoms with Crippen molar-refractivity contribution >= 4 is 49.0 Å². The zero-order valence-electron chi connectivity index (χ0n) is 28.5. The maximum atomic E-state index is 11.6. The molecule has 0 bridgehead atoms. The average molecular weight is 604 g/mol. The molecule has 2 heterocycles. The predicted octanol–water partition coefficient (Wildman–Crippen LogP) is 7.47. The number of benzene rings is 1. The number of carbonyl (C=O) groups excluding carboxylic acids is 2. The van der Waals surface area contributed by atoms with Crippen LogP contribution in [0.2, 0.25) is 0 Å². The molecule has 0 aromatic heterocycles. The number of amides is 1. The second-order valence-electron chi connectivity index (χ2n) is 14.1. The Bertz CT molecular complexity index is 1070. The third-order valence-electron chi connectivity index (χ3n) is 7.05. The first kappa shape index (κ1) is 38.0. The van der Waals surface area contributed by atoms with Gasteiger partial charge in [-0.05, 0) is 100 Å². The van der Waals surface area contributed by atoms with E-state index >= 15 is 0 Å². The van der Waals surface area contributed by atoms with Crippen LogP contribution in [-0.2, 0) is 25.3 Å². The van der Waals surface area contributed by atoms with E-state index in [1.165, 1.54) is 11.3 Å². The highest BCUT2D eigenvalue weighted by molar-refractivity contribution is 7.81. The standard InChI is InChI=1S/C15H21BNOS.C11H21NO2.C7H14O2/c1-10-8-11-9-12(6-7-13(11)17-10)16-18-14(2,3)15(4,5)19;1-5-9-6-7-12(8-9)10(13)14-11(2,3)4;1-5-6(8)9-7(2,3)4/h6-7,9,19H,8H2,1-5H3;9H,5-8H2,1-4H3;5H2,1-4H3. The van der Waals surface area contributed by atoms with Gasteiger partial charge in [0.2, 0.25) is 0 Å². The van der Waals surface area contributed by atoms with Gasteiger partial charge < -0.3 is 19.0 Å². The Morgan fingerprint density at radius 1 is 1.00 bits per heavy atom. The van der Waals surface area contributed by atoms with Crippen LogP contribution in [0.15, 0.2) is 23.2 Å². The highest BCUT2D eigenvalue weighted by Gasteiger charge is 2.34. The molecule has 2 aliphatic rings. The van der Waals surface area contributed by atoms with Gasteiger partial charge in [0.1, 0.15) is 11.2 Å². The van der Waals surface area contributed by atoms with Gasteiger partial charge in [0.25, 0.3) is 0 Å². The number of aliphatic imine (C=N–C) groups is 1. The number of rotatable bonds is 6. The summed E-state index contributed by atoms with van der Waals surface area (Å²) in [6.07, 6.45) is 3.51. The fourth-order valence-electron chi connectivity index (χ4n) is 3.88. The van der Waals surface area contributed by atoms with Gasteiger partial charge in [0, 0.05) is 36.4 Å². The normalized spacial score (nSPS) is 16.8. The van der Waals surface area contributed by atoms with Crippen molar-refractivity contribution in [2.45, 2.75) is 137 Å². The SMILES string of the molecule is CC1=Nc2ccc([B]OC(C)(C)C(C)(C)S)cc2C1.CCC(=O)OC(C)(C)C.CCC1CCN(C(=O)OC(C)(C)C)C1. The van der Waals surface area contributed by atoms with Crippen molar-refractivity contribution in [2.24, 2.45) is 10.9 Å². The quantitative estimate of drug-likeness (QED) is 0.207. The number of thiol groups is 1. The van der Waals surface area contributed by atoms with E-state index in [-0.39, 0.29) is 33.6 Å². The Morgan fingerprint density at radius 3 is 2.05 bits per heavy atom. The molecule has 1 atom stereocenters. The number of nitrogens with zero attached hydrogens (tertiary/aromatic N) is 2. The molecule has 0 saturated carbocycles. The largest absolute Gasteiger partial charge is 0.460 e. The van der Waals surface area contributed by atoms with Crippen molar-refractivity contribution in [2.75, 3.05) is 13.1 Å². The van der Waals surface area contributed by atoms with Crippen molar-refractivity contribution in [3.63, 3.8) is 0 Å². The summed E-state index contributed by atoms with van der Waals surface area (Å²) in [5.41, 5.74) is 3.58. The first-order valence-corrected chi connectivity index (χ1v) is 15.6. The van der Waals surface area contributed by atoms with Crippen LogP contribution >= 0.6 is 12.6 Å². The molecule has 0 aliphatic carbocycles. The maximum Gasteiger partial charge on any atom is 0.410 e. The smallest absolute Gasteiger partial charge is 0.410 e. The minimum Gasteiger partial charge on any atom is -0.460 e. The summed E-state index contributed by atoms with van der Waals surface area (Å²) in [5, 5.41) is 0. The lowest BCUT2D eigenvalue weighted by Gasteiger charge is -2.38. The van der Waals surface area contributed by atoms with E-state index in [9.17, 15) is 9.59 Å². The first-order chi connectivity index (χ1) is 19.1. The molecule has 1 amide bonds. The molecule has 0 spiro atoms. The average Bonchev–Trinajstić information content (AvgIpc) is 3.46. The van der Waals surface area contributed by atoms with Gasteiger partial charge in [-0.15, -0.1) is 0 Å². The second kappa shape index (κ2) is 15.6. The van der Waals surface area contributed by atoms with Crippen LogP contribution in [0, 0.1) is 5.92 Å². The number of ether oxygens (including phenoxy) is 2. The number of likely N-dealkylation sites (tertiary alicyclic amines) is 1. The summed E-state index contributed by atoms with van der Waals surface area (Å²) < 4.78 is 16.0. The molecule has 1 unspecified atom stereocenters. The van der Waals surface area contributed by atoms with Gasteiger partial charge in [-0.2, -0.15) is 12.6 Å². The number of hydrogen-bond acceptors (Lipinski definition) is 7. The monoisotopic (exact) mass is 603 g/mol. The zero-order valence-corrected chi connectivity index (χ0v) is 29.4. The molecule has 1 radical (unpaired) electrons. The Balaban J connectivity index is 0.000000339. The summed E-state index contributed by atoms with van der Waals surface area (Å²) in [7, 11) is 1.83. The van der Waals surface area contributed by atoms with Crippen LogP contribution in [0.4, 0.5) is 10.5 Å². The lowest BCUT2D eigenvalue weighted by Crippen LogP contribution is -2.45. The summed E-state index contributed by atoms with van der Waals surface area (Å²) in [5.74, 6) is 0.532. The predicted molar refractivity (Wildman–Crippen MR) is 179 cm³/mol. The third kappa shape index (κ3) is 14.0. The fraction of sp³-hybridized carbons (Fsp3) is 0.727. The zero-order chi connectivity index (χ0) is 32.5. The molecular weight excluding hydrogens is 547 g/mol. The molecule has 1 fully saturated rings. The molecule has 1 saturated heterocycles. The van der Waals surface area contributed by atoms with E-state index < -0.39 is 0 Å². The first-order valence-electron chi connectivity index (χ1n) is 15.2. The molecule has 7 nitrogen and oxygen atoms in total. The minimum absolute atomic E-state index is 0.137. The van der Waals surface area contributed by atoms with Gasteiger partial charge in [0.05, 0.1) is 11.3 Å². The van der Waals surface area contributed by atoms with Crippen LogP contribution in [0.5, 0.6) is 0 Å². The second-order valence-corrected chi connectivity index (χ2v) is 15.3. The van der Waals surface area contributed by atoms with Crippen LogP contribution in [-0.4, -0.2) is 64.8 Å². The molecule has 9 heteroatoms. The summed E-state index contributed by atoms with van der Waals surface area (Å²) >= 11 is 4.60. The van der Waals surface area contributed by atoms with Crippen LogP contribution in [0.25, 0.3) is 0 Å². The van der Waals surface area contributed by atoms with E-state index in [0.29, 0.717) is 12.3 Å². The molecule has 1 aromatic carbocycles. The molecule has 3 rings (SSSR count). The molecule has 42 heavy (non-hydrogen) atoms. The summed E-state index contributed by atoms with van der Waals surface area (Å²) in [4.78, 5) is 28.5. The van der Waals surface area contributed by atoms with Crippen LogP contribution < -0.4 is 5.46 Å². The number of hydrogen-bond donors (Lipinski definition) is 1. The van der Waals surface area contributed by atoms with E-state index in [4.69, 9.17) is 14.1 Å². The van der Waals surface area contributed by atoms with Crippen molar-refractivity contribution in [1.29, 1.82) is 0 Å². The Hall–Kier alpha value is -2.00. The minimum atomic E-state index is -0.374. The van der Waals surface area contributed by atoms with Gasteiger partial charge in [-0.25, -0.2) is 4.79 Å². The topological polar surface area (TPSA) is 77.4 Å². The van der Waals surface area contributed by atoms with Crippen molar-refractivity contribution < 1.29 is 23.7 Å². The molecule has 237 valence electrons. The van der Waals surface area contributed by atoms with E-state index in [0.717, 1.165) is 43.5 Å². The third-order valence-corrected chi connectivity index (χ3v) is 7.59.